The topological polar surface area (TPSA) is 68.7 Å². The van der Waals surface area contributed by atoms with E-state index in [9.17, 15) is 9.59 Å². The average molecular weight is 318 g/mol. The molecule has 1 unspecified atom stereocenters. The zero-order chi connectivity index (χ0) is 15.7. The number of rotatable bonds is 3. The molecule has 0 saturated heterocycles. The van der Waals surface area contributed by atoms with Crippen molar-refractivity contribution in [3.8, 4) is 17.0 Å². The van der Waals surface area contributed by atoms with Gasteiger partial charge in [0.15, 0.2) is 6.61 Å². The molecule has 1 aromatic heterocycles. The fourth-order valence-corrected chi connectivity index (χ4v) is 2.95. The first-order valence-electron chi connectivity index (χ1n) is 6.67. The molecule has 0 fully saturated rings. The van der Waals surface area contributed by atoms with Crippen molar-refractivity contribution < 1.29 is 19.1 Å². The predicted molar refractivity (Wildman–Crippen MR) is 82.0 cm³/mol. The lowest BCUT2D eigenvalue weighted by Crippen LogP contribution is -2.48. The summed E-state index contributed by atoms with van der Waals surface area (Å²) in [6.45, 7) is 1.54. The SMILES string of the molecule is COC(=O)C(C)N1C(=O)COc2ccc(-c3cscn3)cc21. The quantitative estimate of drug-likeness (QED) is 0.811. The van der Waals surface area contributed by atoms with Gasteiger partial charge in [-0.1, -0.05) is 0 Å². The van der Waals surface area contributed by atoms with E-state index in [0.717, 1.165) is 11.3 Å². The number of benzene rings is 1. The molecular weight excluding hydrogens is 304 g/mol. The number of carbonyl (C=O) groups excluding carboxylic acids is 2. The monoisotopic (exact) mass is 318 g/mol. The standard InChI is InChI=1S/C15H14N2O4S/c1-9(15(19)20-2)17-12-5-10(11-7-22-8-16-11)3-4-13(12)21-6-14(17)18/h3-5,7-9H,6H2,1-2H3. The Hall–Kier alpha value is -2.41. The summed E-state index contributed by atoms with van der Waals surface area (Å²) in [4.78, 5) is 29.7. The van der Waals surface area contributed by atoms with Gasteiger partial charge in [0.25, 0.3) is 5.91 Å². The smallest absolute Gasteiger partial charge is 0.328 e. The molecule has 1 amide bonds. The lowest BCUT2D eigenvalue weighted by Gasteiger charge is -2.32. The molecular formula is C15H14N2O4S. The minimum atomic E-state index is -0.717. The molecule has 0 bridgehead atoms. The van der Waals surface area contributed by atoms with Crippen molar-refractivity contribution in [3.05, 3.63) is 29.1 Å². The van der Waals surface area contributed by atoms with Crippen LogP contribution in [0.15, 0.2) is 29.1 Å². The van der Waals surface area contributed by atoms with Crippen LogP contribution in [0.5, 0.6) is 5.75 Å². The number of carbonyl (C=O) groups is 2. The van der Waals surface area contributed by atoms with E-state index in [-0.39, 0.29) is 12.5 Å². The van der Waals surface area contributed by atoms with Crippen LogP contribution in [0, 0.1) is 0 Å². The van der Waals surface area contributed by atoms with Gasteiger partial charge in [-0.3, -0.25) is 9.69 Å². The Morgan fingerprint density at radius 1 is 1.50 bits per heavy atom. The van der Waals surface area contributed by atoms with Crippen LogP contribution in [0.3, 0.4) is 0 Å². The molecule has 22 heavy (non-hydrogen) atoms. The summed E-state index contributed by atoms with van der Waals surface area (Å²) in [5.41, 5.74) is 3.97. The lowest BCUT2D eigenvalue weighted by atomic mass is 10.1. The maximum atomic E-state index is 12.2. The third-order valence-electron chi connectivity index (χ3n) is 3.50. The Balaban J connectivity index is 2.06. The second-order valence-electron chi connectivity index (χ2n) is 4.81. The number of ether oxygens (including phenoxy) is 2. The lowest BCUT2D eigenvalue weighted by molar-refractivity contribution is -0.143. The van der Waals surface area contributed by atoms with Gasteiger partial charge >= 0.3 is 5.97 Å². The third-order valence-corrected chi connectivity index (χ3v) is 4.08. The fourth-order valence-electron chi connectivity index (χ4n) is 2.39. The minimum Gasteiger partial charge on any atom is -0.482 e. The van der Waals surface area contributed by atoms with Crippen LogP contribution in [0.1, 0.15) is 6.92 Å². The number of thiazole rings is 1. The van der Waals surface area contributed by atoms with Gasteiger partial charge in [-0.15, -0.1) is 11.3 Å². The van der Waals surface area contributed by atoms with Gasteiger partial charge in [0, 0.05) is 10.9 Å². The van der Waals surface area contributed by atoms with Gasteiger partial charge in [0.1, 0.15) is 11.8 Å². The maximum Gasteiger partial charge on any atom is 0.328 e. The molecule has 1 aromatic carbocycles. The van der Waals surface area contributed by atoms with Crippen LogP contribution >= 0.6 is 11.3 Å². The highest BCUT2D eigenvalue weighted by Crippen LogP contribution is 2.37. The second kappa shape index (κ2) is 5.76. The van der Waals surface area contributed by atoms with Gasteiger partial charge in [-0.2, -0.15) is 0 Å². The van der Waals surface area contributed by atoms with Crippen molar-refractivity contribution in [1.82, 2.24) is 4.98 Å². The molecule has 0 saturated carbocycles. The van der Waals surface area contributed by atoms with Crippen molar-refractivity contribution in [2.24, 2.45) is 0 Å². The Morgan fingerprint density at radius 3 is 3.00 bits per heavy atom. The Bertz CT molecular complexity index is 714. The molecule has 7 heteroatoms. The van der Waals surface area contributed by atoms with Crippen LogP contribution in [0.2, 0.25) is 0 Å². The van der Waals surface area contributed by atoms with Crippen LogP contribution < -0.4 is 9.64 Å². The Morgan fingerprint density at radius 2 is 2.32 bits per heavy atom. The number of aromatic nitrogens is 1. The van der Waals surface area contributed by atoms with Crippen molar-refractivity contribution in [1.29, 1.82) is 0 Å². The summed E-state index contributed by atoms with van der Waals surface area (Å²) in [6.07, 6.45) is 0. The second-order valence-corrected chi connectivity index (χ2v) is 5.53. The molecule has 0 radical (unpaired) electrons. The number of hydrogen-bond donors (Lipinski definition) is 0. The molecule has 0 spiro atoms. The van der Waals surface area contributed by atoms with E-state index in [4.69, 9.17) is 9.47 Å². The Labute approximate surface area is 131 Å². The van der Waals surface area contributed by atoms with Gasteiger partial charge in [-0.25, -0.2) is 9.78 Å². The molecule has 1 aliphatic rings. The van der Waals surface area contributed by atoms with Gasteiger partial charge in [0.05, 0.1) is 24.0 Å². The van der Waals surface area contributed by atoms with E-state index in [1.807, 2.05) is 11.4 Å². The van der Waals surface area contributed by atoms with Crippen LogP contribution in [-0.4, -0.2) is 36.6 Å². The summed E-state index contributed by atoms with van der Waals surface area (Å²) in [7, 11) is 1.30. The first-order valence-corrected chi connectivity index (χ1v) is 7.61. The predicted octanol–water partition coefficient (Wildman–Crippen LogP) is 2.10. The number of amides is 1. The summed E-state index contributed by atoms with van der Waals surface area (Å²) in [5.74, 6) is -0.185. The summed E-state index contributed by atoms with van der Waals surface area (Å²) < 4.78 is 10.2. The normalized spacial score (nSPS) is 15.0. The number of methoxy groups -OCH3 is 1. The van der Waals surface area contributed by atoms with Crippen molar-refractivity contribution in [3.63, 3.8) is 0 Å². The molecule has 114 valence electrons. The van der Waals surface area contributed by atoms with Crippen LogP contribution in [0.25, 0.3) is 11.3 Å². The summed E-state index contributed by atoms with van der Waals surface area (Å²) in [6, 6.07) is 4.75. The molecule has 1 atom stereocenters. The zero-order valence-corrected chi connectivity index (χ0v) is 12.9. The number of anilines is 1. The van der Waals surface area contributed by atoms with Crippen molar-refractivity contribution in [2.75, 3.05) is 18.6 Å². The number of fused-ring (bicyclic) bond motifs is 1. The van der Waals surface area contributed by atoms with Crippen molar-refractivity contribution in [2.45, 2.75) is 13.0 Å². The minimum absolute atomic E-state index is 0.0929. The first kappa shape index (κ1) is 14.5. The first-order chi connectivity index (χ1) is 10.6. The van der Waals surface area contributed by atoms with E-state index in [0.29, 0.717) is 11.4 Å². The molecule has 0 aliphatic carbocycles. The highest BCUT2D eigenvalue weighted by Gasteiger charge is 2.33. The fraction of sp³-hybridized carbons (Fsp3) is 0.267. The van der Waals surface area contributed by atoms with Crippen LogP contribution in [0.4, 0.5) is 5.69 Å². The van der Waals surface area contributed by atoms with Crippen LogP contribution in [-0.2, 0) is 14.3 Å². The third kappa shape index (κ3) is 2.43. The van der Waals surface area contributed by atoms with E-state index < -0.39 is 12.0 Å². The number of hydrogen-bond acceptors (Lipinski definition) is 6. The molecule has 2 heterocycles. The van der Waals surface area contributed by atoms with E-state index in [1.165, 1.54) is 23.3 Å². The summed E-state index contributed by atoms with van der Waals surface area (Å²) >= 11 is 1.49. The maximum absolute atomic E-state index is 12.2. The van der Waals surface area contributed by atoms with Gasteiger partial charge in [0.2, 0.25) is 0 Å². The van der Waals surface area contributed by atoms with E-state index in [1.54, 1.807) is 24.6 Å². The Kier molecular flexibility index (Phi) is 3.81. The zero-order valence-electron chi connectivity index (χ0n) is 12.1. The van der Waals surface area contributed by atoms with Crippen molar-refractivity contribution >= 4 is 28.9 Å². The number of esters is 1. The summed E-state index contributed by atoms with van der Waals surface area (Å²) in [5, 5.41) is 1.92. The molecule has 3 rings (SSSR count). The molecule has 6 nitrogen and oxygen atoms in total. The van der Waals surface area contributed by atoms with E-state index >= 15 is 0 Å². The highest BCUT2D eigenvalue weighted by atomic mass is 32.1. The van der Waals surface area contributed by atoms with Gasteiger partial charge in [-0.05, 0) is 25.1 Å². The average Bonchev–Trinajstić information content (AvgIpc) is 3.07. The van der Waals surface area contributed by atoms with Gasteiger partial charge < -0.3 is 9.47 Å². The molecule has 0 N–H and O–H groups in total. The molecule has 1 aliphatic heterocycles. The highest BCUT2D eigenvalue weighted by molar-refractivity contribution is 7.07. The van der Waals surface area contributed by atoms with E-state index in [2.05, 4.69) is 4.98 Å². The number of nitrogens with zero attached hydrogens (tertiary/aromatic N) is 2. The molecule has 2 aromatic rings. The largest absolute Gasteiger partial charge is 0.482 e.